The minimum atomic E-state index is -3.60. The average molecular weight is 467 g/mol. The maximum Gasteiger partial charge on any atom is 0.373 e. The summed E-state index contributed by atoms with van der Waals surface area (Å²) in [6.45, 7) is 3.03. The molecule has 1 aliphatic rings. The number of nitrogens with zero attached hydrogens (tertiary/aromatic N) is 1. The Labute approximate surface area is 174 Å². The number of halogens is 1. The summed E-state index contributed by atoms with van der Waals surface area (Å²) in [5.41, 5.74) is 2.52. The summed E-state index contributed by atoms with van der Waals surface area (Å²) >= 11 is 3.41. The van der Waals surface area contributed by atoms with Crippen molar-refractivity contribution in [1.29, 1.82) is 0 Å². The molecule has 1 unspecified atom stereocenters. The van der Waals surface area contributed by atoms with Crippen LogP contribution >= 0.6 is 15.9 Å². The highest BCUT2D eigenvalue weighted by molar-refractivity contribution is 9.10. The third kappa shape index (κ3) is 4.70. The predicted octanol–water partition coefficient (Wildman–Crippen LogP) is 3.87. The van der Waals surface area contributed by atoms with Crippen LogP contribution in [0.2, 0.25) is 0 Å². The zero-order valence-corrected chi connectivity index (χ0v) is 18.2. The van der Waals surface area contributed by atoms with Gasteiger partial charge in [-0.25, -0.2) is 8.42 Å². The second kappa shape index (κ2) is 9.98. The lowest BCUT2D eigenvalue weighted by atomic mass is 9.96. The molecule has 1 N–H and O–H groups in total. The second-order valence-corrected chi connectivity index (χ2v) is 9.24. The van der Waals surface area contributed by atoms with Gasteiger partial charge in [-0.05, 0) is 42.3 Å². The Morgan fingerprint density at radius 3 is 2.46 bits per heavy atom. The minimum Gasteiger partial charge on any atom is -0.306 e. The second-order valence-electron chi connectivity index (χ2n) is 6.39. The van der Waals surface area contributed by atoms with Crippen LogP contribution in [0, 0.1) is 0 Å². The van der Waals surface area contributed by atoms with E-state index >= 15 is 0 Å². The Bertz CT molecular complexity index is 956. The van der Waals surface area contributed by atoms with Crippen molar-refractivity contribution in [2.24, 2.45) is 0 Å². The number of hydrogen-bond donors (Lipinski definition) is 1. The van der Waals surface area contributed by atoms with Crippen LogP contribution in [0.5, 0.6) is 0 Å². The average Bonchev–Trinajstić information content (AvgIpc) is 2.74. The van der Waals surface area contributed by atoms with Gasteiger partial charge in [0.15, 0.2) is 0 Å². The molecule has 8 heteroatoms. The number of nitrogens with one attached hydrogen (secondary N) is 1. The quantitative estimate of drug-likeness (QED) is 0.675. The highest BCUT2D eigenvalue weighted by atomic mass is 79.9. The summed E-state index contributed by atoms with van der Waals surface area (Å²) < 4.78 is 28.4. The van der Waals surface area contributed by atoms with Crippen LogP contribution in [0.4, 0.5) is 5.69 Å². The zero-order valence-electron chi connectivity index (χ0n) is 15.8. The van der Waals surface area contributed by atoms with Gasteiger partial charge in [0.1, 0.15) is 0 Å². The van der Waals surface area contributed by atoms with Crippen molar-refractivity contribution in [1.82, 2.24) is 5.32 Å². The van der Waals surface area contributed by atoms with Crippen molar-refractivity contribution < 1.29 is 18.0 Å². The number of carbonyl (C=O) groups excluding carboxylic acids is 2. The topological polar surface area (TPSA) is 83.6 Å². The first-order valence-electron chi connectivity index (χ1n) is 8.98. The fourth-order valence-electron chi connectivity index (χ4n) is 3.27. The van der Waals surface area contributed by atoms with E-state index in [1.165, 1.54) is 4.31 Å². The molecule has 1 heterocycles. The Morgan fingerprint density at radius 2 is 1.79 bits per heavy atom. The van der Waals surface area contributed by atoms with Crippen molar-refractivity contribution in [2.45, 2.75) is 37.1 Å². The van der Waals surface area contributed by atoms with E-state index in [1.807, 2.05) is 36.4 Å². The molecule has 0 aromatic heterocycles. The van der Waals surface area contributed by atoms with Gasteiger partial charge < -0.3 is 5.32 Å². The van der Waals surface area contributed by atoms with Crippen LogP contribution in [0.3, 0.4) is 0 Å². The van der Waals surface area contributed by atoms with Gasteiger partial charge >= 0.3 is 6.15 Å². The molecule has 6 nitrogen and oxygen atoms in total. The molecule has 0 saturated carbocycles. The largest absolute Gasteiger partial charge is 0.373 e. The van der Waals surface area contributed by atoms with Crippen molar-refractivity contribution in [3.8, 4) is 0 Å². The van der Waals surface area contributed by atoms with E-state index in [0.717, 1.165) is 47.1 Å². The van der Waals surface area contributed by atoms with Crippen LogP contribution in [-0.4, -0.2) is 28.2 Å². The predicted molar refractivity (Wildman–Crippen MR) is 111 cm³/mol. The first-order valence-corrected chi connectivity index (χ1v) is 11.2. The highest BCUT2D eigenvalue weighted by Crippen LogP contribution is 2.40. The molecule has 0 saturated heterocycles. The fourth-order valence-corrected chi connectivity index (χ4v) is 5.27. The summed E-state index contributed by atoms with van der Waals surface area (Å²) in [4.78, 5) is 16.6. The maximum atomic E-state index is 13.1. The smallest absolute Gasteiger partial charge is 0.306 e. The van der Waals surface area contributed by atoms with Crippen LogP contribution in [0.25, 0.3) is 0 Å². The maximum absolute atomic E-state index is 13.1. The molecule has 0 spiro atoms. The minimum absolute atomic E-state index is 0.143. The molecule has 0 amide bonds. The van der Waals surface area contributed by atoms with Crippen LogP contribution < -0.4 is 9.62 Å². The number of para-hydroxylation sites is 1. The van der Waals surface area contributed by atoms with E-state index in [9.17, 15) is 8.42 Å². The molecule has 2 aromatic rings. The number of hydrogen-bond acceptors (Lipinski definition) is 5. The van der Waals surface area contributed by atoms with E-state index in [4.69, 9.17) is 9.59 Å². The van der Waals surface area contributed by atoms with Crippen molar-refractivity contribution >= 4 is 37.8 Å². The van der Waals surface area contributed by atoms with Gasteiger partial charge in [-0.1, -0.05) is 60.0 Å². The molecule has 1 atom stereocenters. The molecule has 1 aliphatic heterocycles. The van der Waals surface area contributed by atoms with Gasteiger partial charge in [-0.3, -0.25) is 4.31 Å². The van der Waals surface area contributed by atoms with Crippen LogP contribution in [0.15, 0.2) is 51.8 Å². The van der Waals surface area contributed by atoms with E-state index < -0.39 is 10.0 Å². The lowest BCUT2D eigenvalue weighted by molar-refractivity contribution is -0.191. The molecular weight excluding hydrogens is 444 g/mol. The van der Waals surface area contributed by atoms with Gasteiger partial charge in [0.05, 0.1) is 16.6 Å². The molecule has 3 rings (SSSR count). The number of benzene rings is 2. The Kier molecular flexibility index (Phi) is 7.95. The molecule has 0 aliphatic carbocycles. The summed E-state index contributed by atoms with van der Waals surface area (Å²) in [5, 5.41) is 3.58. The van der Waals surface area contributed by atoms with E-state index in [2.05, 4.69) is 28.2 Å². The summed E-state index contributed by atoms with van der Waals surface area (Å²) in [5.74, 6) is 0. The van der Waals surface area contributed by atoms with Crippen molar-refractivity contribution in [3.63, 3.8) is 0 Å². The highest BCUT2D eigenvalue weighted by Gasteiger charge is 2.34. The number of sulfonamides is 1. The Morgan fingerprint density at radius 1 is 1.11 bits per heavy atom. The normalized spacial score (nSPS) is 16.7. The Balaban J connectivity index is 0.000000878. The fraction of sp³-hybridized carbons (Fsp3) is 0.350. The van der Waals surface area contributed by atoms with Gasteiger partial charge in [-0.2, -0.15) is 9.59 Å². The first kappa shape index (κ1) is 22.3. The number of unbranched alkanes of at least 4 members (excludes halogenated alkanes) is 2. The van der Waals surface area contributed by atoms with Crippen molar-refractivity contribution in [3.05, 3.63) is 58.1 Å². The van der Waals surface area contributed by atoms with E-state index in [1.54, 1.807) is 13.1 Å². The molecular formula is C20H23BrN2O4S. The Hall–Kier alpha value is -1.99. The molecule has 0 radical (unpaired) electrons. The molecule has 0 bridgehead atoms. The lowest BCUT2D eigenvalue weighted by Gasteiger charge is -2.22. The first-order chi connectivity index (χ1) is 13.4. The third-order valence-corrected chi connectivity index (χ3v) is 6.96. The zero-order chi connectivity index (χ0) is 20.7. The van der Waals surface area contributed by atoms with Gasteiger partial charge in [0.25, 0.3) is 10.0 Å². The number of rotatable bonds is 5. The molecule has 150 valence electrons. The molecule has 2 aromatic carbocycles. The number of fused-ring (bicyclic) bond motifs is 2. The lowest BCUT2D eigenvalue weighted by Crippen LogP contribution is -2.26. The van der Waals surface area contributed by atoms with Gasteiger partial charge in [-0.15, -0.1) is 0 Å². The van der Waals surface area contributed by atoms with Gasteiger partial charge in [0, 0.05) is 11.5 Å². The summed E-state index contributed by atoms with van der Waals surface area (Å²) in [6, 6.07) is 13.1. The van der Waals surface area contributed by atoms with Crippen LogP contribution in [-0.2, 0) is 19.6 Å². The molecule has 0 fully saturated rings. The summed E-state index contributed by atoms with van der Waals surface area (Å²) in [7, 11) is -1.97. The standard InChI is InChI=1S/C19H23BrN2O2S.CO2/c1-3-4-7-12-21-19-15-8-5-6-9-17(15)22(2)25(23,24)18-13-14(20)10-11-16(18)19;2-1-3/h5-6,8-11,13,19,21H,3-4,7,12H2,1-2H3;. The SMILES string of the molecule is CCCCCNC1c2ccccc2N(C)S(=O)(=O)c2cc(Br)ccc21.O=C=O. The van der Waals surface area contributed by atoms with E-state index in [0.29, 0.717) is 4.90 Å². The van der Waals surface area contributed by atoms with E-state index in [-0.39, 0.29) is 12.2 Å². The van der Waals surface area contributed by atoms with Crippen LogP contribution in [0.1, 0.15) is 43.4 Å². The van der Waals surface area contributed by atoms with Crippen molar-refractivity contribution in [2.75, 3.05) is 17.9 Å². The number of anilines is 1. The van der Waals surface area contributed by atoms with Gasteiger partial charge in [0.2, 0.25) is 0 Å². The summed E-state index contributed by atoms with van der Waals surface area (Å²) in [6.07, 6.45) is 3.64. The molecule has 28 heavy (non-hydrogen) atoms. The monoisotopic (exact) mass is 466 g/mol. The third-order valence-electron chi connectivity index (χ3n) is 4.64.